The first-order chi connectivity index (χ1) is 25.6. The SMILES string of the molecule is C=C/C(=N\C(C1=CC=C(C)CC=C1C)=C(/C)CCC(=C)c1ccccc1)c1cccc(-c2ccc(-c3ccc4c(c3)-c3ccccc3C4(C)C)cc2)c1. The van der Waals surface area contributed by atoms with E-state index in [0.29, 0.717) is 0 Å². The second kappa shape index (κ2) is 15.1. The molecule has 2 aliphatic rings. The van der Waals surface area contributed by atoms with Crippen LogP contribution in [0.5, 0.6) is 0 Å². The number of aliphatic imine (C=N–C) groups is 1. The zero-order valence-electron chi connectivity index (χ0n) is 31.8. The van der Waals surface area contributed by atoms with Crippen molar-refractivity contribution >= 4 is 11.3 Å². The molecule has 2 aliphatic carbocycles. The van der Waals surface area contributed by atoms with Crippen LogP contribution in [-0.4, -0.2) is 5.71 Å². The number of nitrogens with zero attached hydrogens (tertiary/aromatic N) is 1. The Hall–Kier alpha value is -5.79. The fourth-order valence-electron chi connectivity index (χ4n) is 7.74. The molecule has 5 aromatic carbocycles. The van der Waals surface area contributed by atoms with Gasteiger partial charge in [-0.2, -0.15) is 0 Å². The van der Waals surface area contributed by atoms with Crippen molar-refractivity contribution in [2.24, 2.45) is 4.99 Å². The molecule has 0 heterocycles. The third-order valence-corrected chi connectivity index (χ3v) is 11.1. The summed E-state index contributed by atoms with van der Waals surface area (Å²) >= 11 is 0. The fourth-order valence-corrected chi connectivity index (χ4v) is 7.74. The van der Waals surface area contributed by atoms with Crippen molar-refractivity contribution in [3.8, 4) is 33.4 Å². The Morgan fingerprint density at radius 2 is 1.32 bits per heavy atom. The molecule has 7 rings (SSSR count). The molecule has 262 valence electrons. The Labute approximate surface area is 316 Å². The Bertz CT molecular complexity index is 2370. The van der Waals surface area contributed by atoms with Gasteiger partial charge >= 0.3 is 0 Å². The summed E-state index contributed by atoms with van der Waals surface area (Å²) in [5.41, 5.74) is 20.5. The largest absolute Gasteiger partial charge is 0.248 e. The molecule has 0 aliphatic heterocycles. The van der Waals surface area contributed by atoms with E-state index >= 15 is 0 Å². The summed E-state index contributed by atoms with van der Waals surface area (Å²) in [6.45, 7) is 19.9. The molecule has 0 unspecified atom stereocenters. The van der Waals surface area contributed by atoms with Crippen LogP contribution in [0.1, 0.15) is 76.1 Å². The van der Waals surface area contributed by atoms with Gasteiger partial charge in [-0.05, 0) is 125 Å². The average Bonchev–Trinajstić information content (AvgIpc) is 3.29. The minimum Gasteiger partial charge on any atom is -0.248 e. The number of allylic oxidation sites excluding steroid dienone is 8. The van der Waals surface area contributed by atoms with E-state index < -0.39 is 0 Å². The summed E-state index contributed by atoms with van der Waals surface area (Å²) in [7, 11) is 0. The van der Waals surface area contributed by atoms with Gasteiger partial charge in [-0.25, -0.2) is 4.99 Å². The van der Waals surface area contributed by atoms with Gasteiger partial charge < -0.3 is 0 Å². The van der Waals surface area contributed by atoms with Gasteiger partial charge in [0.15, 0.2) is 0 Å². The molecule has 0 saturated heterocycles. The summed E-state index contributed by atoms with van der Waals surface area (Å²) < 4.78 is 0. The normalized spacial score (nSPS) is 15.3. The first-order valence-corrected chi connectivity index (χ1v) is 18.8. The van der Waals surface area contributed by atoms with Crippen LogP contribution in [-0.2, 0) is 5.41 Å². The van der Waals surface area contributed by atoms with Crippen LogP contribution in [0, 0.1) is 0 Å². The molecular weight excluding hydrogens is 639 g/mol. The topological polar surface area (TPSA) is 12.4 Å². The molecule has 0 fully saturated rings. The smallest absolute Gasteiger partial charge is 0.0703 e. The van der Waals surface area contributed by atoms with Crippen LogP contribution in [0.15, 0.2) is 192 Å². The van der Waals surface area contributed by atoms with Crippen molar-refractivity contribution in [1.82, 2.24) is 0 Å². The lowest BCUT2D eigenvalue weighted by Gasteiger charge is -2.21. The molecule has 53 heavy (non-hydrogen) atoms. The van der Waals surface area contributed by atoms with Crippen LogP contribution in [0.4, 0.5) is 0 Å². The molecule has 1 nitrogen and oxygen atoms in total. The van der Waals surface area contributed by atoms with Gasteiger partial charge in [0.2, 0.25) is 0 Å². The molecule has 0 aromatic heterocycles. The highest BCUT2D eigenvalue weighted by atomic mass is 14.8. The zero-order valence-corrected chi connectivity index (χ0v) is 31.8. The monoisotopic (exact) mass is 687 g/mol. The quantitative estimate of drug-likeness (QED) is 0.130. The van der Waals surface area contributed by atoms with Gasteiger partial charge in [0.25, 0.3) is 0 Å². The van der Waals surface area contributed by atoms with Crippen molar-refractivity contribution in [3.63, 3.8) is 0 Å². The maximum atomic E-state index is 5.41. The van der Waals surface area contributed by atoms with Crippen molar-refractivity contribution in [3.05, 3.63) is 209 Å². The van der Waals surface area contributed by atoms with Gasteiger partial charge in [0.05, 0.1) is 11.4 Å². The van der Waals surface area contributed by atoms with Crippen LogP contribution in [0.25, 0.3) is 39.0 Å². The maximum Gasteiger partial charge on any atom is 0.0703 e. The van der Waals surface area contributed by atoms with Gasteiger partial charge in [0, 0.05) is 16.6 Å². The highest BCUT2D eigenvalue weighted by Gasteiger charge is 2.35. The predicted molar refractivity (Wildman–Crippen MR) is 229 cm³/mol. The van der Waals surface area contributed by atoms with E-state index in [-0.39, 0.29) is 5.41 Å². The summed E-state index contributed by atoms with van der Waals surface area (Å²) in [6, 6.07) is 43.9. The second-order valence-corrected chi connectivity index (χ2v) is 15.1. The van der Waals surface area contributed by atoms with E-state index in [1.807, 2.05) is 12.1 Å². The second-order valence-electron chi connectivity index (χ2n) is 15.1. The first-order valence-electron chi connectivity index (χ1n) is 18.8. The minimum absolute atomic E-state index is 0.0118. The Balaban J connectivity index is 1.19. The van der Waals surface area contributed by atoms with E-state index in [1.54, 1.807) is 0 Å². The fraction of sp³-hybridized carbons (Fsp3) is 0.173. The number of rotatable bonds is 10. The average molecular weight is 688 g/mol. The van der Waals surface area contributed by atoms with Gasteiger partial charge in [-0.1, -0.05) is 160 Å². The minimum atomic E-state index is 0.0118. The molecule has 0 N–H and O–H groups in total. The van der Waals surface area contributed by atoms with Crippen molar-refractivity contribution in [2.75, 3.05) is 0 Å². The Morgan fingerprint density at radius 3 is 2.06 bits per heavy atom. The zero-order chi connectivity index (χ0) is 37.1. The maximum absolute atomic E-state index is 5.41. The summed E-state index contributed by atoms with van der Waals surface area (Å²) in [6.07, 6.45) is 11.4. The molecule has 0 saturated carbocycles. The lowest BCUT2D eigenvalue weighted by Crippen LogP contribution is -2.14. The molecular formula is C52H49N. The van der Waals surface area contributed by atoms with E-state index in [0.717, 1.165) is 52.9 Å². The van der Waals surface area contributed by atoms with E-state index in [9.17, 15) is 0 Å². The van der Waals surface area contributed by atoms with Crippen molar-refractivity contribution in [1.29, 1.82) is 0 Å². The number of fused-ring (bicyclic) bond motifs is 3. The van der Waals surface area contributed by atoms with Crippen molar-refractivity contribution in [2.45, 2.75) is 59.3 Å². The highest BCUT2D eigenvalue weighted by Crippen LogP contribution is 2.49. The van der Waals surface area contributed by atoms with Crippen LogP contribution >= 0.6 is 0 Å². The molecule has 0 amide bonds. The lowest BCUT2D eigenvalue weighted by atomic mass is 9.82. The van der Waals surface area contributed by atoms with Crippen LogP contribution < -0.4 is 0 Å². The standard InChI is InChI=1S/C52H49N/c1-8-50(53-51(45-31-22-35(2)21-23-37(45)4)38(5)25-24-36(3)39-15-10-9-11-16-39)44-18-14-17-42(33-44)40-26-28-41(29-27-40)43-30-32-49-47(34-43)46-19-12-13-20-48(46)52(49,6)7/h8-20,22-23,26-34H,1,3,21,24-25H2,2,4-7H3/b51-38+,53-50+. The molecule has 0 atom stereocenters. The molecule has 0 bridgehead atoms. The molecule has 0 spiro atoms. The van der Waals surface area contributed by atoms with Gasteiger partial charge in [-0.3, -0.25) is 0 Å². The third kappa shape index (κ3) is 7.30. The first kappa shape index (κ1) is 35.6. The van der Waals surface area contributed by atoms with Crippen LogP contribution in [0.2, 0.25) is 0 Å². The summed E-state index contributed by atoms with van der Waals surface area (Å²) in [5.74, 6) is 0. The number of hydrogen-bond acceptors (Lipinski definition) is 1. The highest BCUT2D eigenvalue weighted by molar-refractivity contribution is 6.09. The van der Waals surface area contributed by atoms with Gasteiger partial charge in [0.1, 0.15) is 0 Å². The van der Waals surface area contributed by atoms with Gasteiger partial charge in [-0.15, -0.1) is 0 Å². The van der Waals surface area contributed by atoms with Crippen LogP contribution in [0.3, 0.4) is 0 Å². The third-order valence-electron chi connectivity index (χ3n) is 11.1. The summed E-state index contributed by atoms with van der Waals surface area (Å²) in [4.78, 5) is 5.41. The van der Waals surface area contributed by atoms with E-state index in [1.165, 1.54) is 61.2 Å². The van der Waals surface area contributed by atoms with Crippen molar-refractivity contribution < 1.29 is 0 Å². The Morgan fingerprint density at radius 1 is 0.679 bits per heavy atom. The molecule has 0 radical (unpaired) electrons. The number of benzene rings is 5. The lowest BCUT2D eigenvalue weighted by molar-refractivity contribution is 0.660. The molecule has 1 heteroatoms. The number of hydrogen-bond donors (Lipinski definition) is 0. The van der Waals surface area contributed by atoms with E-state index in [4.69, 9.17) is 4.99 Å². The van der Waals surface area contributed by atoms with E-state index in [2.05, 4.69) is 181 Å². The summed E-state index contributed by atoms with van der Waals surface area (Å²) in [5, 5.41) is 0. The molecule has 5 aromatic rings. The Kier molecular flexibility index (Phi) is 10.1. The predicted octanol–water partition coefficient (Wildman–Crippen LogP) is 14.3.